The van der Waals surface area contributed by atoms with E-state index in [0.29, 0.717) is 0 Å². The average molecular weight is 300 g/mol. The molecule has 2 aromatic rings. The van der Waals surface area contributed by atoms with Gasteiger partial charge in [-0.05, 0) is 12.5 Å². The summed E-state index contributed by atoms with van der Waals surface area (Å²) in [5.74, 6) is 0.296. The Morgan fingerprint density at radius 2 is 2.05 bits per heavy atom. The van der Waals surface area contributed by atoms with Crippen molar-refractivity contribution in [2.75, 3.05) is 4.90 Å². The van der Waals surface area contributed by atoms with Gasteiger partial charge in [0.25, 0.3) is 0 Å². The van der Waals surface area contributed by atoms with Gasteiger partial charge in [-0.15, -0.1) is 11.3 Å². The van der Waals surface area contributed by atoms with Crippen LogP contribution in [0.2, 0.25) is 0 Å². The van der Waals surface area contributed by atoms with E-state index in [1.165, 1.54) is 11.3 Å². The van der Waals surface area contributed by atoms with Gasteiger partial charge in [0, 0.05) is 23.5 Å². The number of nitrogens with zero attached hydrogens (tertiary/aromatic N) is 2. The van der Waals surface area contributed by atoms with Crippen molar-refractivity contribution in [3.63, 3.8) is 0 Å². The second-order valence-corrected chi connectivity index (χ2v) is 6.38. The summed E-state index contributed by atoms with van der Waals surface area (Å²) < 4.78 is 0. The number of thiazole rings is 1. The van der Waals surface area contributed by atoms with Crippen molar-refractivity contribution in [2.45, 2.75) is 25.0 Å². The second-order valence-electron chi connectivity index (χ2n) is 5.51. The smallest absolute Gasteiger partial charge is 0.248 e. The van der Waals surface area contributed by atoms with Crippen molar-refractivity contribution >= 4 is 22.4 Å². The summed E-state index contributed by atoms with van der Waals surface area (Å²) in [6.07, 6.45) is 1.75. The van der Waals surface area contributed by atoms with Gasteiger partial charge in [-0.25, -0.2) is 10.4 Å². The van der Waals surface area contributed by atoms with E-state index >= 15 is 0 Å². The molecule has 4 atom stereocenters. The zero-order valence-corrected chi connectivity index (χ0v) is 12.4. The van der Waals surface area contributed by atoms with Crippen LogP contribution in [0.4, 0.5) is 5.13 Å². The van der Waals surface area contributed by atoms with Crippen molar-refractivity contribution < 1.29 is 4.79 Å². The molecule has 0 aliphatic carbocycles. The molecule has 0 bridgehead atoms. The third kappa shape index (κ3) is 1.91. The lowest BCUT2D eigenvalue weighted by molar-refractivity contribution is -0.119. The second kappa shape index (κ2) is 4.91. The summed E-state index contributed by atoms with van der Waals surface area (Å²) in [7, 11) is 0. The third-order valence-electron chi connectivity index (χ3n) is 4.34. The maximum Gasteiger partial charge on any atom is 0.248 e. The summed E-state index contributed by atoms with van der Waals surface area (Å²) in [5, 5.41) is 2.69. The van der Waals surface area contributed by atoms with Crippen LogP contribution in [0.3, 0.4) is 0 Å². The van der Waals surface area contributed by atoms with Crippen molar-refractivity contribution in [3.05, 3.63) is 47.5 Å². The molecule has 2 aliphatic heterocycles. The lowest BCUT2D eigenvalue weighted by atomic mass is 9.87. The van der Waals surface area contributed by atoms with Crippen LogP contribution in [0.15, 0.2) is 41.9 Å². The highest BCUT2D eigenvalue weighted by molar-refractivity contribution is 7.13. The Kier molecular flexibility index (Phi) is 3.02. The number of nitrogens with one attached hydrogen (secondary N) is 2. The molecule has 2 N–H and O–H groups in total. The molecule has 0 spiro atoms. The third-order valence-corrected chi connectivity index (χ3v) is 5.11. The van der Waals surface area contributed by atoms with E-state index in [1.54, 1.807) is 6.20 Å². The maximum absolute atomic E-state index is 12.8. The number of benzene rings is 1. The van der Waals surface area contributed by atoms with Gasteiger partial charge in [-0.3, -0.25) is 15.1 Å². The first-order valence-corrected chi connectivity index (χ1v) is 7.94. The molecular formula is C15H16N4OS. The van der Waals surface area contributed by atoms with Crippen LogP contribution in [0, 0.1) is 5.92 Å². The molecule has 1 amide bonds. The van der Waals surface area contributed by atoms with Crippen molar-refractivity contribution in [3.8, 4) is 0 Å². The molecule has 4 unspecified atom stereocenters. The summed E-state index contributed by atoms with van der Waals surface area (Å²) in [4.78, 5) is 19.0. The summed E-state index contributed by atoms with van der Waals surface area (Å²) in [6, 6.07) is 10.3. The van der Waals surface area contributed by atoms with E-state index in [0.717, 1.165) is 10.7 Å². The first-order chi connectivity index (χ1) is 10.3. The Balaban J connectivity index is 1.83. The first kappa shape index (κ1) is 12.9. The first-order valence-electron chi connectivity index (χ1n) is 7.06. The lowest BCUT2D eigenvalue weighted by Gasteiger charge is -2.28. The predicted molar refractivity (Wildman–Crippen MR) is 81.8 cm³/mol. The van der Waals surface area contributed by atoms with Gasteiger partial charge in [-0.2, -0.15) is 0 Å². The van der Waals surface area contributed by atoms with Gasteiger partial charge in [-0.1, -0.05) is 30.3 Å². The number of hydrogen-bond donors (Lipinski definition) is 2. The van der Waals surface area contributed by atoms with Crippen LogP contribution < -0.4 is 15.8 Å². The number of carbonyl (C=O) groups excluding carboxylic acids is 1. The van der Waals surface area contributed by atoms with Crippen LogP contribution in [-0.2, 0) is 4.79 Å². The Bertz CT molecular complexity index is 645. The van der Waals surface area contributed by atoms with E-state index in [9.17, 15) is 4.79 Å². The molecule has 2 aliphatic rings. The van der Waals surface area contributed by atoms with E-state index in [4.69, 9.17) is 0 Å². The number of fused-ring (bicyclic) bond motifs is 1. The minimum Gasteiger partial charge on any atom is -0.279 e. The van der Waals surface area contributed by atoms with Crippen molar-refractivity contribution in [1.29, 1.82) is 0 Å². The van der Waals surface area contributed by atoms with Crippen LogP contribution in [0.25, 0.3) is 0 Å². The van der Waals surface area contributed by atoms with Crippen LogP contribution >= 0.6 is 11.3 Å². The zero-order valence-electron chi connectivity index (χ0n) is 11.6. The molecule has 0 radical (unpaired) electrons. The van der Waals surface area contributed by atoms with E-state index in [-0.39, 0.29) is 30.0 Å². The Labute approximate surface area is 127 Å². The molecule has 21 heavy (non-hydrogen) atoms. The van der Waals surface area contributed by atoms with E-state index in [2.05, 4.69) is 34.9 Å². The van der Waals surface area contributed by atoms with E-state index < -0.39 is 0 Å². The van der Waals surface area contributed by atoms with Gasteiger partial charge in [0.05, 0.1) is 6.04 Å². The lowest BCUT2D eigenvalue weighted by Crippen LogP contribution is -2.42. The maximum atomic E-state index is 12.8. The topological polar surface area (TPSA) is 57.3 Å². The molecule has 4 rings (SSSR count). The summed E-state index contributed by atoms with van der Waals surface area (Å²) in [6.45, 7) is 2.12. The molecule has 2 fully saturated rings. The van der Waals surface area contributed by atoms with Gasteiger partial charge in [0.2, 0.25) is 5.91 Å². The van der Waals surface area contributed by atoms with Crippen LogP contribution in [-0.4, -0.2) is 23.0 Å². The Hall–Kier alpha value is -1.76. The van der Waals surface area contributed by atoms with Gasteiger partial charge >= 0.3 is 0 Å². The standard InChI is InChI=1S/C15H16N4OS/c1-9-11-12(18-17-9)14(20)19(15-16-7-8-21-15)13(11)10-5-3-2-4-6-10/h2-9,11-13,17-18H,1H3. The highest BCUT2D eigenvalue weighted by atomic mass is 32.1. The quantitative estimate of drug-likeness (QED) is 0.886. The van der Waals surface area contributed by atoms with Crippen molar-refractivity contribution in [1.82, 2.24) is 15.8 Å². The zero-order chi connectivity index (χ0) is 14.4. The van der Waals surface area contributed by atoms with Gasteiger partial charge < -0.3 is 0 Å². The fourth-order valence-electron chi connectivity index (χ4n) is 3.41. The number of aromatic nitrogens is 1. The highest BCUT2D eigenvalue weighted by Gasteiger charge is 2.55. The summed E-state index contributed by atoms with van der Waals surface area (Å²) >= 11 is 1.51. The molecule has 2 saturated heterocycles. The fraction of sp³-hybridized carbons (Fsp3) is 0.333. The molecule has 108 valence electrons. The fourth-order valence-corrected chi connectivity index (χ4v) is 4.10. The minimum absolute atomic E-state index is 0.0207. The molecule has 0 saturated carbocycles. The van der Waals surface area contributed by atoms with Gasteiger partial charge in [0.1, 0.15) is 6.04 Å². The van der Waals surface area contributed by atoms with Gasteiger partial charge in [0.15, 0.2) is 5.13 Å². The van der Waals surface area contributed by atoms with Crippen molar-refractivity contribution in [2.24, 2.45) is 5.92 Å². The monoisotopic (exact) mass is 300 g/mol. The molecule has 3 heterocycles. The normalized spacial score (nSPS) is 31.7. The molecular weight excluding hydrogens is 284 g/mol. The minimum atomic E-state index is -0.186. The molecule has 5 nitrogen and oxygen atoms in total. The highest BCUT2D eigenvalue weighted by Crippen LogP contribution is 2.44. The van der Waals surface area contributed by atoms with Crippen LogP contribution in [0.1, 0.15) is 18.5 Å². The van der Waals surface area contributed by atoms with Crippen LogP contribution in [0.5, 0.6) is 0 Å². The average Bonchev–Trinajstić information content (AvgIpc) is 3.19. The number of rotatable bonds is 2. The largest absolute Gasteiger partial charge is 0.279 e. The van der Waals surface area contributed by atoms with E-state index in [1.807, 2.05) is 28.5 Å². The number of hydrazine groups is 1. The number of carbonyl (C=O) groups is 1. The summed E-state index contributed by atoms with van der Waals surface area (Å²) in [5.41, 5.74) is 7.51. The number of anilines is 1. The SMILES string of the molecule is CC1NNC2C(=O)N(c3nccs3)C(c3ccccc3)C12. The predicted octanol–water partition coefficient (Wildman–Crippen LogP) is 1.71. The Morgan fingerprint density at radius 1 is 1.24 bits per heavy atom. The Morgan fingerprint density at radius 3 is 2.76 bits per heavy atom. The molecule has 1 aromatic heterocycles. The molecule has 6 heteroatoms. The molecule has 1 aromatic carbocycles. The number of hydrogen-bond acceptors (Lipinski definition) is 5. The number of amides is 1.